The number of primary amides is 1. The number of ether oxygens (including phenoxy) is 2. The standard InChI is InChI=1S/C31H32N6O3/c1-18-23(25-14-19(28(32)38)10-11-26(25)31(2,3)4)8-7-9-24(18)27-29-35-30(36-37(29)13-12-33-27)34-20-15-21(39-5)17-22(16-20)40-6/h7-17H,1-6H3,(H2,32,38)(H,34,36). The number of hydrogen-bond donors (Lipinski definition) is 2. The third-order valence-corrected chi connectivity index (χ3v) is 6.85. The van der Waals surface area contributed by atoms with Crippen LogP contribution in [0.1, 0.15) is 42.3 Å². The molecule has 0 radical (unpaired) electrons. The molecule has 0 unspecified atom stereocenters. The van der Waals surface area contributed by atoms with Gasteiger partial charge in [0.05, 0.1) is 14.2 Å². The molecular weight excluding hydrogens is 504 g/mol. The van der Waals surface area contributed by atoms with Crippen LogP contribution < -0.4 is 20.5 Å². The predicted octanol–water partition coefficient (Wildman–Crippen LogP) is 5.92. The predicted molar refractivity (Wildman–Crippen MR) is 156 cm³/mol. The first kappa shape index (κ1) is 26.7. The highest BCUT2D eigenvalue weighted by Crippen LogP contribution is 2.38. The molecule has 9 nitrogen and oxygen atoms in total. The normalized spacial score (nSPS) is 11.4. The summed E-state index contributed by atoms with van der Waals surface area (Å²) in [6.07, 6.45) is 3.46. The van der Waals surface area contributed by atoms with Crippen molar-refractivity contribution >= 4 is 23.2 Å². The van der Waals surface area contributed by atoms with Crippen LogP contribution in [0.5, 0.6) is 11.5 Å². The Hall–Kier alpha value is -4.92. The quantitative estimate of drug-likeness (QED) is 0.265. The van der Waals surface area contributed by atoms with Crippen molar-refractivity contribution in [3.63, 3.8) is 0 Å². The van der Waals surface area contributed by atoms with Crippen molar-refractivity contribution in [2.45, 2.75) is 33.1 Å². The summed E-state index contributed by atoms with van der Waals surface area (Å²) in [7, 11) is 3.20. The van der Waals surface area contributed by atoms with Crippen LogP contribution in [0.4, 0.5) is 11.6 Å². The van der Waals surface area contributed by atoms with Crippen molar-refractivity contribution in [2.24, 2.45) is 5.73 Å². The van der Waals surface area contributed by atoms with E-state index in [0.717, 1.165) is 33.5 Å². The molecule has 1 amide bonds. The molecule has 0 spiro atoms. The number of aromatic nitrogens is 4. The van der Waals surface area contributed by atoms with Crippen LogP contribution in [0.2, 0.25) is 0 Å². The molecule has 3 N–H and O–H groups in total. The molecule has 0 saturated carbocycles. The molecule has 0 aliphatic carbocycles. The number of nitrogens with two attached hydrogens (primary N) is 1. The Balaban J connectivity index is 1.61. The summed E-state index contributed by atoms with van der Waals surface area (Å²) in [6, 6.07) is 17.2. The molecule has 0 bridgehead atoms. The zero-order valence-corrected chi connectivity index (χ0v) is 23.4. The van der Waals surface area contributed by atoms with Gasteiger partial charge >= 0.3 is 0 Å². The summed E-state index contributed by atoms with van der Waals surface area (Å²) in [5.74, 6) is 1.24. The number of benzene rings is 3. The zero-order chi connectivity index (χ0) is 28.6. The van der Waals surface area contributed by atoms with Gasteiger partial charge in [0, 0.05) is 47.4 Å². The molecule has 5 rings (SSSR count). The summed E-state index contributed by atoms with van der Waals surface area (Å²) >= 11 is 0. The van der Waals surface area contributed by atoms with E-state index in [1.807, 2.05) is 36.4 Å². The van der Waals surface area contributed by atoms with Gasteiger partial charge in [0.25, 0.3) is 0 Å². The van der Waals surface area contributed by atoms with E-state index in [-0.39, 0.29) is 5.41 Å². The average molecular weight is 537 g/mol. The van der Waals surface area contributed by atoms with Crippen LogP contribution in [0.25, 0.3) is 28.0 Å². The number of hydrogen-bond acceptors (Lipinski definition) is 7. The van der Waals surface area contributed by atoms with Gasteiger partial charge in [-0.3, -0.25) is 9.78 Å². The fraction of sp³-hybridized carbons (Fsp3) is 0.226. The van der Waals surface area contributed by atoms with Crippen molar-refractivity contribution in [1.29, 1.82) is 0 Å². The minimum Gasteiger partial charge on any atom is -0.497 e. The third-order valence-electron chi connectivity index (χ3n) is 6.85. The van der Waals surface area contributed by atoms with E-state index in [0.29, 0.717) is 34.4 Å². The molecular formula is C31H32N6O3. The second kappa shape index (κ2) is 10.3. The summed E-state index contributed by atoms with van der Waals surface area (Å²) < 4.78 is 12.5. The second-order valence-corrected chi connectivity index (χ2v) is 10.6. The Morgan fingerprint density at radius 2 is 1.65 bits per heavy atom. The topological polar surface area (TPSA) is 117 Å². The highest BCUT2D eigenvalue weighted by molar-refractivity contribution is 5.95. The monoisotopic (exact) mass is 536 g/mol. The Morgan fingerprint density at radius 3 is 2.30 bits per heavy atom. The lowest BCUT2D eigenvalue weighted by Gasteiger charge is -2.25. The fourth-order valence-corrected chi connectivity index (χ4v) is 4.83. The average Bonchev–Trinajstić information content (AvgIpc) is 3.34. The van der Waals surface area contributed by atoms with Crippen molar-refractivity contribution in [1.82, 2.24) is 19.6 Å². The van der Waals surface area contributed by atoms with Crippen molar-refractivity contribution in [2.75, 3.05) is 19.5 Å². The molecule has 2 aromatic heterocycles. The maximum absolute atomic E-state index is 12.0. The van der Waals surface area contributed by atoms with Gasteiger partial charge in [-0.05, 0) is 46.7 Å². The maximum atomic E-state index is 12.0. The van der Waals surface area contributed by atoms with Gasteiger partial charge in [0.15, 0.2) is 5.65 Å². The van der Waals surface area contributed by atoms with E-state index in [9.17, 15) is 4.79 Å². The van der Waals surface area contributed by atoms with Crippen LogP contribution in [-0.4, -0.2) is 39.7 Å². The summed E-state index contributed by atoms with van der Waals surface area (Å²) in [4.78, 5) is 21.5. The molecule has 0 aliphatic heterocycles. The lowest BCUT2D eigenvalue weighted by molar-refractivity contribution is 0.1000. The Morgan fingerprint density at radius 1 is 0.950 bits per heavy atom. The van der Waals surface area contributed by atoms with E-state index in [1.54, 1.807) is 43.3 Å². The molecule has 2 heterocycles. The SMILES string of the molecule is COc1cc(Nc2nc3c(-c4cccc(-c5cc(C(N)=O)ccc5C(C)(C)C)c4C)nccn3n2)cc(OC)c1. The lowest BCUT2D eigenvalue weighted by Crippen LogP contribution is -2.16. The van der Waals surface area contributed by atoms with Gasteiger partial charge in [0.2, 0.25) is 11.9 Å². The van der Waals surface area contributed by atoms with Gasteiger partial charge in [-0.15, -0.1) is 5.10 Å². The van der Waals surface area contributed by atoms with Crippen LogP contribution in [0.15, 0.2) is 67.0 Å². The molecule has 0 saturated heterocycles. The number of rotatable bonds is 7. The lowest BCUT2D eigenvalue weighted by atomic mass is 9.80. The highest BCUT2D eigenvalue weighted by Gasteiger charge is 2.23. The zero-order valence-electron chi connectivity index (χ0n) is 23.4. The molecule has 0 atom stereocenters. The highest BCUT2D eigenvalue weighted by atomic mass is 16.5. The van der Waals surface area contributed by atoms with Gasteiger partial charge in [-0.1, -0.05) is 45.0 Å². The van der Waals surface area contributed by atoms with Crippen LogP contribution in [0.3, 0.4) is 0 Å². The van der Waals surface area contributed by atoms with Crippen LogP contribution in [-0.2, 0) is 5.41 Å². The van der Waals surface area contributed by atoms with Crippen LogP contribution in [0, 0.1) is 6.92 Å². The largest absolute Gasteiger partial charge is 0.497 e. The Kier molecular flexibility index (Phi) is 6.89. The number of anilines is 2. The van der Waals surface area contributed by atoms with E-state index >= 15 is 0 Å². The number of nitrogens with zero attached hydrogens (tertiary/aromatic N) is 4. The number of carbonyl (C=O) groups excluding carboxylic acids is 1. The smallest absolute Gasteiger partial charge is 0.248 e. The Labute approximate surface area is 233 Å². The van der Waals surface area contributed by atoms with E-state index in [2.05, 4.69) is 44.2 Å². The summed E-state index contributed by atoms with van der Waals surface area (Å²) in [5, 5.41) is 7.85. The first-order valence-corrected chi connectivity index (χ1v) is 12.8. The first-order valence-electron chi connectivity index (χ1n) is 12.8. The Bertz CT molecular complexity index is 1710. The molecule has 5 aromatic rings. The first-order chi connectivity index (χ1) is 19.1. The third kappa shape index (κ3) is 5.05. The molecule has 0 aliphatic rings. The van der Waals surface area contributed by atoms with Gasteiger partial charge < -0.3 is 20.5 Å². The molecule has 0 fully saturated rings. The number of amides is 1. The van der Waals surface area contributed by atoms with Gasteiger partial charge in [-0.2, -0.15) is 4.98 Å². The minimum atomic E-state index is -0.459. The number of methoxy groups -OCH3 is 2. The second-order valence-electron chi connectivity index (χ2n) is 10.6. The van der Waals surface area contributed by atoms with Crippen molar-refractivity contribution < 1.29 is 14.3 Å². The number of carbonyl (C=O) groups is 1. The van der Waals surface area contributed by atoms with Crippen molar-refractivity contribution in [3.05, 3.63) is 83.7 Å². The maximum Gasteiger partial charge on any atom is 0.248 e. The fourth-order valence-electron chi connectivity index (χ4n) is 4.83. The molecule has 40 heavy (non-hydrogen) atoms. The van der Waals surface area contributed by atoms with E-state index < -0.39 is 5.91 Å². The van der Waals surface area contributed by atoms with Gasteiger partial charge in [0.1, 0.15) is 17.2 Å². The molecule has 3 aromatic carbocycles. The van der Waals surface area contributed by atoms with Gasteiger partial charge in [-0.25, -0.2) is 4.52 Å². The number of fused-ring (bicyclic) bond motifs is 1. The van der Waals surface area contributed by atoms with E-state index in [4.69, 9.17) is 25.2 Å². The summed E-state index contributed by atoms with van der Waals surface area (Å²) in [6.45, 7) is 8.51. The molecule has 9 heteroatoms. The molecule has 204 valence electrons. The minimum absolute atomic E-state index is 0.150. The van der Waals surface area contributed by atoms with E-state index in [1.165, 1.54) is 0 Å². The number of nitrogens with one attached hydrogen (secondary N) is 1. The van der Waals surface area contributed by atoms with Crippen molar-refractivity contribution in [3.8, 4) is 33.9 Å². The summed E-state index contributed by atoms with van der Waals surface area (Å²) in [5.41, 5.74) is 13.0. The van der Waals surface area contributed by atoms with Crippen LogP contribution >= 0.6 is 0 Å².